The van der Waals surface area contributed by atoms with Crippen molar-refractivity contribution in [2.75, 3.05) is 0 Å². The van der Waals surface area contributed by atoms with Gasteiger partial charge in [0.15, 0.2) is 0 Å². The first-order valence-electron chi connectivity index (χ1n) is 5.15. The van der Waals surface area contributed by atoms with Crippen molar-refractivity contribution in [2.24, 2.45) is 5.73 Å². The molecule has 0 fully saturated rings. The fraction of sp³-hybridized carbons (Fsp3) is 0. The van der Waals surface area contributed by atoms with Crippen LogP contribution in [0.2, 0.25) is 0 Å². The summed E-state index contributed by atoms with van der Waals surface area (Å²) < 4.78 is 1.94. The normalized spacial score (nSPS) is 10.8. The molecule has 1 amide bonds. The third-order valence-corrected chi connectivity index (χ3v) is 2.76. The van der Waals surface area contributed by atoms with Gasteiger partial charge < -0.3 is 10.1 Å². The maximum atomic E-state index is 11.2. The summed E-state index contributed by atoms with van der Waals surface area (Å²) in [6.45, 7) is 0. The van der Waals surface area contributed by atoms with E-state index < -0.39 is 5.91 Å². The van der Waals surface area contributed by atoms with Crippen LogP contribution in [0.25, 0.3) is 16.6 Å². The van der Waals surface area contributed by atoms with Crippen molar-refractivity contribution in [3.8, 4) is 11.1 Å². The predicted molar refractivity (Wildman–Crippen MR) is 63.5 cm³/mol. The summed E-state index contributed by atoms with van der Waals surface area (Å²) in [5.41, 5.74) is 8.71. The van der Waals surface area contributed by atoms with Crippen molar-refractivity contribution < 1.29 is 4.79 Å². The van der Waals surface area contributed by atoms with Gasteiger partial charge in [-0.2, -0.15) is 5.10 Å². The summed E-state index contributed by atoms with van der Waals surface area (Å²) in [5, 5.41) is 6.69. The number of hydrogen-bond donors (Lipinski definition) is 2. The van der Waals surface area contributed by atoms with Gasteiger partial charge in [-0.25, -0.2) is 0 Å². The summed E-state index contributed by atoms with van der Waals surface area (Å²) in [5.74, 6) is -0.424. The van der Waals surface area contributed by atoms with Crippen molar-refractivity contribution in [3.63, 3.8) is 0 Å². The molecule has 3 aromatic heterocycles. The molecule has 0 bridgehead atoms. The highest BCUT2D eigenvalue weighted by atomic mass is 16.1. The number of primary amides is 1. The van der Waals surface area contributed by atoms with E-state index in [1.165, 1.54) is 0 Å². The topological polar surface area (TPSA) is 76.2 Å². The van der Waals surface area contributed by atoms with E-state index in [1.54, 1.807) is 18.3 Å². The van der Waals surface area contributed by atoms with Crippen LogP contribution in [-0.2, 0) is 0 Å². The van der Waals surface area contributed by atoms with Gasteiger partial charge in [-0.1, -0.05) is 0 Å². The molecular weight excluding hydrogens is 216 g/mol. The Morgan fingerprint density at radius 3 is 2.88 bits per heavy atom. The van der Waals surface area contributed by atoms with E-state index in [1.807, 2.05) is 29.1 Å². The third-order valence-electron chi connectivity index (χ3n) is 2.76. The Hall–Kier alpha value is -2.56. The van der Waals surface area contributed by atoms with E-state index in [9.17, 15) is 4.79 Å². The van der Waals surface area contributed by atoms with Gasteiger partial charge in [-0.05, 0) is 18.2 Å². The molecule has 5 nitrogen and oxygen atoms in total. The van der Waals surface area contributed by atoms with Gasteiger partial charge in [0.05, 0.1) is 11.7 Å². The number of hydrogen-bond acceptors (Lipinski definition) is 2. The lowest BCUT2D eigenvalue weighted by Crippen LogP contribution is -2.10. The number of nitrogens with zero attached hydrogens (tertiary/aromatic N) is 2. The zero-order valence-corrected chi connectivity index (χ0v) is 8.92. The van der Waals surface area contributed by atoms with Crippen LogP contribution in [0.15, 0.2) is 43.0 Å². The number of pyridine rings is 1. The minimum Gasteiger partial charge on any atom is -0.366 e. The molecule has 0 saturated heterocycles. The van der Waals surface area contributed by atoms with Crippen LogP contribution in [0, 0.1) is 0 Å². The lowest BCUT2D eigenvalue weighted by atomic mass is 10.1. The lowest BCUT2D eigenvalue weighted by Gasteiger charge is -2.00. The second-order valence-corrected chi connectivity index (χ2v) is 3.79. The molecule has 0 aliphatic carbocycles. The standard InChI is InChI=1S/C12H10N4O/c13-12(17)8-1-3-16-4-2-10(11(16)5-8)9-6-14-15-7-9/h1-7H,(H2,13,17)(H,14,15). The average molecular weight is 226 g/mol. The summed E-state index contributed by atoms with van der Waals surface area (Å²) in [6.07, 6.45) is 7.31. The number of rotatable bonds is 2. The van der Waals surface area contributed by atoms with E-state index in [4.69, 9.17) is 5.73 Å². The van der Waals surface area contributed by atoms with Crippen LogP contribution < -0.4 is 5.73 Å². The zero-order valence-electron chi connectivity index (χ0n) is 8.92. The number of fused-ring (bicyclic) bond motifs is 1. The molecular formula is C12H10N4O. The lowest BCUT2D eigenvalue weighted by molar-refractivity contribution is 0.100. The maximum Gasteiger partial charge on any atom is 0.248 e. The summed E-state index contributed by atoms with van der Waals surface area (Å²) >= 11 is 0. The van der Waals surface area contributed by atoms with Crippen LogP contribution in [0.5, 0.6) is 0 Å². The summed E-state index contributed by atoms with van der Waals surface area (Å²) in [6, 6.07) is 5.46. The summed E-state index contributed by atoms with van der Waals surface area (Å²) in [4.78, 5) is 11.2. The number of amides is 1. The van der Waals surface area contributed by atoms with E-state index >= 15 is 0 Å². The number of aromatic amines is 1. The average Bonchev–Trinajstić information content (AvgIpc) is 2.96. The Balaban J connectivity index is 2.26. The SMILES string of the molecule is NC(=O)c1ccn2ccc(-c3cn[nH]c3)c2c1. The molecule has 3 N–H and O–H groups in total. The van der Waals surface area contributed by atoms with Crippen LogP contribution in [0.3, 0.4) is 0 Å². The van der Waals surface area contributed by atoms with E-state index in [2.05, 4.69) is 10.2 Å². The van der Waals surface area contributed by atoms with Gasteiger partial charge in [-0.15, -0.1) is 0 Å². The molecule has 0 aliphatic rings. The van der Waals surface area contributed by atoms with Gasteiger partial charge in [0.25, 0.3) is 0 Å². The van der Waals surface area contributed by atoms with Crippen molar-refractivity contribution in [2.45, 2.75) is 0 Å². The van der Waals surface area contributed by atoms with Crippen LogP contribution in [0.4, 0.5) is 0 Å². The number of H-pyrrole nitrogens is 1. The fourth-order valence-electron chi connectivity index (χ4n) is 1.89. The fourth-order valence-corrected chi connectivity index (χ4v) is 1.89. The molecule has 0 unspecified atom stereocenters. The first-order chi connectivity index (χ1) is 8.25. The molecule has 5 heteroatoms. The van der Waals surface area contributed by atoms with Crippen LogP contribution in [0.1, 0.15) is 10.4 Å². The van der Waals surface area contributed by atoms with Gasteiger partial charge in [0.1, 0.15) is 0 Å². The monoisotopic (exact) mass is 226 g/mol. The van der Waals surface area contributed by atoms with Gasteiger partial charge in [0, 0.05) is 35.3 Å². The second kappa shape index (κ2) is 3.48. The van der Waals surface area contributed by atoms with E-state index in [-0.39, 0.29) is 0 Å². The third kappa shape index (κ3) is 1.48. The highest BCUT2D eigenvalue weighted by Gasteiger charge is 2.08. The molecule has 0 aliphatic heterocycles. The molecule has 3 heterocycles. The molecule has 3 rings (SSSR count). The van der Waals surface area contributed by atoms with E-state index in [0.717, 1.165) is 16.6 Å². The maximum absolute atomic E-state index is 11.2. The van der Waals surface area contributed by atoms with Crippen molar-refractivity contribution >= 4 is 11.4 Å². The molecule has 0 aromatic carbocycles. The van der Waals surface area contributed by atoms with Crippen LogP contribution >= 0.6 is 0 Å². The Kier molecular flexibility index (Phi) is 1.98. The first-order valence-corrected chi connectivity index (χ1v) is 5.15. The highest BCUT2D eigenvalue weighted by Crippen LogP contribution is 2.25. The van der Waals surface area contributed by atoms with Crippen LogP contribution in [-0.4, -0.2) is 20.5 Å². The Morgan fingerprint density at radius 1 is 1.35 bits per heavy atom. The number of aromatic nitrogens is 3. The Morgan fingerprint density at radius 2 is 2.18 bits per heavy atom. The first kappa shape index (κ1) is 9.65. The molecule has 0 radical (unpaired) electrons. The molecule has 0 spiro atoms. The van der Waals surface area contributed by atoms with Crippen molar-refractivity contribution in [1.82, 2.24) is 14.6 Å². The molecule has 17 heavy (non-hydrogen) atoms. The Bertz CT molecular complexity index is 682. The smallest absolute Gasteiger partial charge is 0.248 e. The minimum absolute atomic E-state index is 0.424. The molecule has 0 saturated carbocycles. The predicted octanol–water partition coefficient (Wildman–Crippen LogP) is 1.43. The second-order valence-electron chi connectivity index (χ2n) is 3.79. The zero-order chi connectivity index (χ0) is 11.8. The largest absolute Gasteiger partial charge is 0.366 e. The number of carbonyl (C=O) groups is 1. The molecule has 84 valence electrons. The number of nitrogens with one attached hydrogen (secondary N) is 1. The van der Waals surface area contributed by atoms with Gasteiger partial charge in [-0.3, -0.25) is 9.89 Å². The minimum atomic E-state index is -0.424. The highest BCUT2D eigenvalue weighted by molar-refractivity contribution is 5.95. The van der Waals surface area contributed by atoms with Crippen molar-refractivity contribution in [3.05, 3.63) is 48.5 Å². The molecule has 3 aromatic rings. The van der Waals surface area contributed by atoms with Crippen molar-refractivity contribution in [1.29, 1.82) is 0 Å². The Labute approximate surface area is 96.9 Å². The number of nitrogens with two attached hydrogens (primary N) is 1. The quantitative estimate of drug-likeness (QED) is 0.693. The number of carbonyl (C=O) groups excluding carboxylic acids is 1. The van der Waals surface area contributed by atoms with E-state index in [0.29, 0.717) is 5.56 Å². The molecule has 0 atom stereocenters. The summed E-state index contributed by atoms with van der Waals surface area (Å²) in [7, 11) is 0. The van der Waals surface area contributed by atoms with Gasteiger partial charge in [0.2, 0.25) is 5.91 Å². The van der Waals surface area contributed by atoms with Gasteiger partial charge >= 0.3 is 0 Å².